The van der Waals surface area contributed by atoms with Gasteiger partial charge in [0.25, 0.3) is 0 Å². The van der Waals surface area contributed by atoms with Crippen molar-refractivity contribution in [2.45, 2.75) is 44.2 Å². The number of ether oxygens (including phenoxy) is 1. The van der Waals surface area contributed by atoms with Crippen LogP contribution in [-0.4, -0.2) is 72.9 Å². The number of nitrogens with zero attached hydrogens (tertiary/aromatic N) is 2. The number of aliphatic carboxylic acids is 1. The molecule has 11 heteroatoms. The molecule has 0 aromatic heterocycles. The van der Waals surface area contributed by atoms with E-state index in [2.05, 4.69) is 5.32 Å². The highest BCUT2D eigenvalue weighted by atomic mass is 32.2. The number of carbonyl (C=O) groups excluding carboxylic acids is 2. The van der Waals surface area contributed by atoms with Gasteiger partial charge in [-0.3, -0.25) is 4.79 Å². The third-order valence-corrected chi connectivity index (χ3v) is 8.05. The van der Waals surface area contributed by atoms with Crippen molar-refractivity contribution in [2.24, 2.45) is 0 Å². The Morgan fingerprint density at radius 1 is 1.03 bits per heavy atom. The molecule has 2 N–H and O–H groups in total. The summed E-state index contributed by atoms with van der Waals surface area (Å²) >= 11 is 0. The number of sulfonamides is 1. The largest absolute Gasteiger partial charge is 0.480 e. The molecule has 1 saturated heterocycles. The predicted molar refractivity (Wildman–Crippen MR) is 132 cm³/mol. The van der Waals surface area contributed by atoms with Crippen molar-refractivity contribution < 1.29 is 32.6 Å². The quantitative estimate of drug-likeness (QED) is 0.521. The first-order valence-electron chi connectivity index (χ1n) is 11.6. The van der Waals surface area contributed by atoms with Crippen LogP contribution in [0.15, 0.2) is 53.4 Å². The maximum Gasteiger partial charge on any atom is 0.408 e. The van der Waals surface area contributed by atoms with Gasteiger partial charge in [-0.1, -0.05) is 48.0 Å². The van der Waals surface area contributed by atoms with Crippen molar-refractivity contribution >= 4 is 28.0 Å². The molecule has 0 unspecified atom stereocenters. The SMILES string of the molecule is Cc1ccc(S(=O)(=O)N2CCN(C(=O)CC[C@H](NC(=O)OCc3ccccc3)C(=O)O)CC2)c(C)c1. The number of rotatable bonds is 9. The molecule has 10 nitrogen and oxygen atoms in total. The second-order valence-electron chi connectivity index (χ2n) is 8.69. The van der Waals surface area contributed by atoms with Gasteiger partial charge in [0.1, 0.15) is 12.6 Å². The second kappa shape index (κ2) is 12.0. The molecule has 0 saturated carbocycles. The van der Waals surface area contributed by atoms with Crippen LogP contribution >= 0.6 is 0 Å². The lowest BCUT2D eigenvalue weighted by Gasteiger charge is -2.34. The van der Waals surface area contributed by atoms with Gasteiger partial charge < -0.3 is 20.1 Å². The standard InChI is InChI=1S/C25H31N3O7S/c1-18-8-10-22(19(2)16-18)36(33,34)28-14-12-27(13-15-28)23(29)11-9-21(24(30)31)26-25(32)35-17-20-6-4-3-5-7-20/h3-8,10,16,21H,9,11-15,17H2,1-2H3,(H,26,32)(H,30,31)/t21-/m0/s1. The molecule has 0 spiro atoms. The molecule has 194 valence electrons. The minimum absolute atomic E-state index is 0.00670. The van der Waals surface area contributed by atoms with Crippen LogP contribution in [0.4, 0.5) is 4.79 Å². The number of nitrogens with one attached hydrogen (secondary N) is 1. The van der Waals surface area contributed by atoms with E-state index in [1.807, 2.05) is 19.1 Å². The van der Waals surface area contributed by atoms with Crippen LogP contribution in [0.1, 0.15) is 29.5 Å². The molecule has 1 aliphatic rings. The Balaban J connectivity index is 1.48. The van der Waals surface area contributed by atoms with Crippen molar-refractivity contribution in [3.8, 4) is 0 Å². The summed E-state index contributed by atoms with van der Waals surface area (Å²) < 4.78 is 32.5. The molecule has 0 radical (unpaired) electrons. The van der Waals surface area contributed by atoms with Gasteiger partial charge in [0.15, 0.2) is 0 Å². The lowest BCUT2D eigenvalue weighted by molar-refractivity contribution is -0.140. The smallest absolute Gasteiger partial charge is 0.408 e. The van der Waals surface area contributed by atoms with Crippen LogP contribution in [0, 0.1) is 13.8 Å². The monoisotopic (exact) mass is 517 g/mol. The van der Waals surface area contributed by atoms with Crippen molar-refractivity contribution in [1.82, 2.24) is 14.5 Å². The lowest BCUT2D eigenvalue weighted by atomic mass is 10.1. The molecule has 3 rings (SSSR count). The van der Waals surface area contributed by atoms with E-state index < -0.39 is 28.1 Å². The van der Waals surface area contributed by atoms with Crippen molar-refractivity contribution in [3.63, 3.8) is 0 Å². The first kappa shape index (κ1) is 27.2. The first-order valence-corrected chi connectivity index (χ1v) is 13.1. The first-order chi connectivity index (χ1) is 17.1. The number of hydrogen-bond acceptors (Lipinski definition) is 6. The molecule has 0 aliphatic carbocycles. The molecule has 0 bridgehead atoms. The Labute approximate surface area is 210 Å². The van der Waals surface area contributed by atoms with Crippen LogP contribution in [0.5, 0.6) is 0 Å². The van der Waals surface area contributed by atoms with Gasteiger partial charge >= 0.3 is 12.1 Å². The van der Waals surface area contributed by atoms with E-state index in [-0.39, 0.29) is 56.4 Å². The Hall–Kier alpha value is -3.44. The molecule has 36 heavy (non-hydrogen) atoms. The summed E-state index contributed by atoms with van der Waals surface area (Å²) in [4.78, 5) is 38.0. The van der Waals surface area contributed by atoms with E-state index >= 15 is 0 Å². The van der Waals surface area contributed by atoms with Crippen LogP contribution in [0.25, 0.3) is 0 Å². The molecular formula is C25H31N3O7S. The maximum absolute atomic E-state index is 13.0. The van der Waals surface area contributed by atoms with Gasteiger partial charge in [-0.25, -0.2) is 18.0 Å². The number of hydrogen-bond donors (Lipinski definition) is 2. The molecule has 2 amide bonds. The zero-order valence-corrected chi connectivity index (χ0v) is 21.2. The van der Waals surface area contributed by atoms with Crippen LogP contribution in [-0.2, 0) is 31.0 Å². The highest BCUT2D eigenvalue weighted by molar-refractivity contribution is 7.89. The third kappa shape index (κ3) is 7.05. The van der Waals surface area contributed by atoms with E-state index in [9.17, 15) is 27.9 Å². The Bertz CT molecular complexity index is 1190. The van der Waals surface area contributed by atoms with Crippen molar-refractivity contribution in [1.29, 1.82) is 0 Å². The Kier molecular flexibility index (Phi) is 9.05. The fraction of sp³-hybridized carbons (Fsp3) is 0.400. The maximum atomic E-state index is 13.0. The Morgan fingerprint density at radius 2 is 1.69 bits per heavy atom. The second-order valence-corrected chi connectivity index (χ2v) is 10.6. The number of amides is 2. The minimum atomic E-state index is -3.68. The summed E-state index contributed by atoms with van der Waals surface area (Å²) in [5.41, 5.74) is 2.40. The van der Waals surface area contributed by atoms with Crippen LogP contribution in [0.3, 0.4) is 0 Å². The molecule has 1 atom stereocenters. The fourth-order valence-electron chi connectivity index (χ4n) is 4.00. The van der Waals surface area contributed by atoms with Gasteiger partial charge in [0.05, 0.1) is 4.90 Å². The van der Waals surface area contributed by atoms with Crippen LogP contribution in [0.2, 0.25) is 0 Å². The molecule has 1 heterocycles. The summed E-state index contributed by atoms with van der Waals surface area (Å²) in [6.45, 7) is 4.34. The van der Waals surface area contributed by atoms with E-state index in [4.69, 9.17) is 4.74 Å². The van der Waals surface area contributed by atoms with E-state index in [1.54, 1.807) is 43.3 Å². The number of carbonyl (C=O) groups is 3. The predicted octanol–water partition coefficient (Wildman–Crippen LogP) is 2.30. The number of piperazine rings is 1. The zero-order valence-electron chi connectivity index (χ0n) is 20.3. The summed E-state index contributed by atoms with van der Waals surface area (Å²) in [7, 11) is -3.68. The fourth-order valence-corrected chi connectivity index (χ4v) is 5.62. The number of benzene rings is 2. The number of carboxylic acids is 1. The summed E-state index contributed by atoms with van der Waals surface area (Å²) in [6.07, 6.45) is -1.11. The van der Waals surface area contributed by atoms with Crippen LogP contribution < -0.4 is 5.32 Å². The summed E-state index contributed by atoms with van der Waals surface area (Å²) in [5.74, 6) is -1.58. The minimum Gasteiger partial charge on any atom is -0.480 e. The van der Waals surface area contributed by atoms with E-state index in [1.165, 1.54) is 9.21 Å². The van der Waals surface area contributed by atoms with Gasteiger partial charge in [-0.15, -0.1) is 0 Å². The van der Waals surface area contributed by atoms with Gasteiger partial charge in [-0.2, -0.15) is 4.31 Å². The van der Waals surface area contributed by atoms with Gasteiger partial charge in [0.2, 0.25) is 15.9 Å². The normalized spacial score (nSPS) is 15.2. The highest BCUT2D eigenvalue weighted by Gasteiger charge is 2.31. The molecule has 2 aromatic carbocycles. The topological polar surface area (TPSA) is 133 Å². The average molecular weight is 518 g/mol. The molecule has 2 aromatic rings. The third-order valence-electron chi connectivity index (χ3n) is 5.99. The number of carboxylic acid groups (broad SMARTS) is 1. The number of aryl methyl sites for hydroxylation is 2. The number of alkyl carbamates (subject to hydrolysis) is 1. The molecule has 1 fully saturated rings. The molecule has 1 aliphatic heterocycles. The lowest BCUT2D eigenvalue weighted by Crippen LogP contribution is -2.51. The van der Waals surface area contributed by atoms with Crippen molar-refractivity contribution in [3.05, 3.63) is 65.2 Å². The van der Waals surface area contributed by atoms with Gasteiger partial charge in [-0.05, 0) is 37.5 Å². The Morgan fingerprint density at radius 3 is 2.31 bits per heavy atom. The summed E-state index contributed by atoms with van der Waals surface area (Å²) in [6, 6.07) is 12.8. The summed E-state index contributed by atoms with van der Waals surface area (Å²) in [5, 5.41) is 11.7. The van der Waals surface area contributed by atoms with Gasteiger partial charge in [0, 0.05) is 32.6 Å². The van der Waals surface area contributed by atoms with Crippen molar-refractivity contribution in [2.75, 3.05) is 26.2 Å². The average Bonchev–Trinajstić information content (AvgIpc) is 2.85. The highest BCUT2D eigenvalue weighted by Crippen LogP contribution is 2.22. The molecular weight excluding hydrogens is 486 g/mol. The van der Waals surface area contributed by atoms with E-state index in [0.717, 1.165) is 11.1 Å². The van der Waals surface area contributed by atoms with E-state index in [0.29, 0.717) is 5.56 Å². The zero-order chi connectivity index (χ0) is 26.3.